The average molecular weight is 498 g/mol. The summed E-state index contributed by atoms with van der Waals surface area (Å²) in [6, 6.07) is 10.8. The van der Waals surface area contributed by atoms with E-state index in [9.17, 15) is 9.90 Å². The van der Waals surface area contributed by atoms with Gasteiger partial charge in [0.1, 0.15) is 12.4 Å². The number of carbonyl (C=O) groups is 1. The Balaban J connectivity index is 1.43. The molecule has 4 aromatic rings. The fourth-order valence-electron chi connectivity index (χ4n) is 3.74. The highest BCUT2D eigenvalue weighted by Crippen LogP contribution is 2.40. The van der Waals surface area contributed by atoms with Crippen LogP contribution in [0.25, 0.3) is 11.6 Å². The van der Waals surface area contributed by atoms with Crippen molar-refractivity contribution in [1.29, 1.82) is 0 Å². The number of allylic oxidation sites excluding steroid dienone is 1. The number of rotatable bonds is 8. The van der Waals surface area contributed by atoms with Gasteiger partial charge in [0.25, 0.3) is 0 Å². The van der Waals surface area contributed by atoms with Crippen LogP contribution in [0.15, 0.2) is 64.4 Å². The summed E-state index contributed by atoms with van der Waals surface area (Å²) in [4.78, 5) is 29.5. The van der Waals surface area contributed by atoms with E-state index in [1.165, 1.54) is 0 Å². The third-order valence-corrected chi connectivity index (χ3v) is 5.53. The first-order valence-electron chi connectivity index (χ1n) is 11.5. The van der Waals surface area contributed by atoms with E-state index in [1.807, 2.05) is 19.1 Å². The molecule has 2 N–H and O–H groups in total. The lowest BCUT2D eigenvalue weighted by Gasteiger charge is -2.11. The van der Waals surface area contributed by atoms with Crippen LogP contribution in [0.2, 0.25) is 0 Å². The minimum atomic E-state index is -0.710. The van der Waals surface area contributed by atoms with Gasteiger partial charge in [-0.1, -0.05) is 0 Å². The number of nitrogens with one attached hydrogen (secondary N) is 1. The number of nitrogens with zero attached hydrogens (tertiary/aromatic N) is 4. The van der Waals surface area contributed by atoms with Crippen LogP contribution in [0, 0.1) is 6.92 Å². The largest absolute Gasteiger partial charge is 0.504 e. The van der Waals surface area contributed by atoms with Gasteiger partial charge in [-0.25, -0.2) is 24.7 Å². The number of fused-ring (bicyclic) bond motifs is 1. The molecule has 1 aliphatic rings. The van der Waals surface area contributed by atoms with E-state index in [-0.39, 0.29) is 36.2 Å². The normalized spacial score (nSPS) is 13.0. The maximum atomic E-state index is 12.7. The van der Waals surface area contributed by atoms with E-state index in [2.05, 4.69) is 25.3 Å². The number of hydrogen-bond donors (Lipinski definition) is 2. The Kier molecular flexibility index (Phi) is 6.62. The number of carbonyl (C=O) groups excluding carboxylic acids is 1. The van der Waals surface area contributed by atoms with E-state index < -0.39 is 5.97 Å². The van der Waals surface area contributed by atoms with Crippen LogP contribution in [-0.4, -0.2) is 38.8 Å². The van der Waals surface area contributed by atoms with E-state index in [0.717, 1.165) is 11.1 Å². The van der Waals surface area contributed by atoms with Gasteiger partial charge in [-0.2, -0.15) is 0 Å². The average Bonchev–Trinajstić information content (AvgIpc) is 3.45. The van der Waals surface area contributed by atoms with E-state index in [1.54, 1.807) is 62.1 Å². The number of ether oxygens (including phenoxy) is 2. The number of hydrogen-bond acceptors (Lipinski definition) is 10. The second-order valence-corrected chi connectivity index (χ2v) is 8.03. The molecule has 0 spiro atoms. The van der Waals surface area contributed by atoms with Crippen molar-refractivity contribution < 1.29 is 23.8 Å². The molecular weight excluding hydrogens is 474 g/mol. The van der Waals surface area contributed by atoms with Gasteiger partial charge in [0, 0.05) is 41.6 Å². The van der Waals surface area contributed by atoms with E-state index >= 15 is 0 Å². The molecule has 0 amide bonds. The second-order valence-electron chi connectivity index (χ2n) is 8.03. The molecule has 0 unspecified atom stereocenters. The van der Waals surface area contributed by atoms with Crippen LogP contribution >= 0.6 is 0 Å². The summed E-state index contributed by atoms with van der Waals surface area (Å²) in [5.41, 5.74) is 2.85. The third kappa shape index (κ3) is 5.03. The molecule has 0 saturated carbocycles. The Labute approximate surface area is 212 Å². The molecule has 10 heteroatoms. The van der Waals surface area contributed by atoms with Gasteiger partial charge in [0.05, 0.1) is 6.61 Å². The van der Waals surface area contributed by atoms with Crippen LogP contribution in [0.3, 0.4) is 0 Å². The summed E-state index contributed by atoms with van der Waals surface area (Å²) >= 11 is 0. The number of aliphatic imine (C=N–C) groups is 1. The standard InChI is InChI=1S/C27H23N5O5/c1-3-35-27(34)23-24(33)21(13-17-14-31-25-19(17)6-4-9-30-25)37-26(23)32-20-8-7-18(12-16(20)2)36-15-22-28-10-5-11-29-22/h4-14,32-33H,3,15H2,1-2H3. The minimum Gasteiger partial charge on any atom is -0.504 e. The van der Waals surface area contributed by atoms with Gasteiger partial charge in [0.15, 0.2) is 28.7 Å². The summed E-state index contributed by atoms with van der Waals surface area (Å²) in [5, 5.41) is 14.0. The first kappa shape index (κ1) is 23.7. The third-order valence-electron chi connectivity index (χ3n) is 5.53. The fraction of sp³-hybridized carbons (Fsp3) is 0.148. The molecule has 0 radical (unpaired) electrons. The summed E-state index contributed by atoms with van der Waals surface area (Å²) < 4.78 is 16.9. The minimum absolute atomic E-state index is 0.0543. The summed E-state index contributed by atoms with van der Waals surface area (Å²) in [6.45, 7) is 3.93. The Hall–Kier alpha value is -4.99. The smallest absolute Gasteiger partial charge is 0.347 e. The Bertz CT molecular complexity index is 1510. The number of furan rings is 1. The highest BCUT2D eigenvalue weighted by atomic mass is 16.5. The highest BCUT2D eigenvalue weighted by molar-refractivity contribution is 6.21. The maximum absolute atomic E-state index is 12.7. The van der Waals surface area contributed by atoms with Gasteiger partial charge in [-0.3, -0.25) is 0 Å². The van der Waals surface area contributed by atoms with Crippen molar-refractivity contribution in [3.8, 4) is 11.5 Å². The molecule has 5 rings (SSSR count). The molecule has 0 aliphatic carbocycles. The molecule has 0 bridgehead atoms. The second kappa shape index (κ2) is 10.3. The van der Waals surface area contributed by atoms with Crippen molar-refractivity contribution in [3.05, 3.63) is 83.3 Å². The number of aromatic nitrogens is 3. The van der Waals surface area contributed by atoms with Crippen LogP contribution in [0.5, 0.6) is 11.5 Å². The highest BCUT2D eigenvalue weighted by Gasteiger charge is 2.27. The molecule has 37 heavy (non-hydrogen) atoms. The Morgan fingerprint density at radius 3 is 2.73 bits per heavy atom. The number of aryl methyl sites for hydroxylation is 1. The first-order chi connectivity index (χ1) is 18.0. The van der Waals surface area contributed by atoms with Crippen molar-refractivity contribution in [1.82, 2.24) is 15.0 Å². The van der Waals surface area contributed by atoms with Crippen LogP contribution in [0.4, 0.5) is 17.4 Å². The molecule has 1 aliphatic heterocycles. The lowest BCUT2D eigenvalue weighted by molar-refractivity contribution is 0.0524. The zero-order valence-corrected chi connectivity index (χ0v) is 20.1. The lowest BCUT2D eigenvalue weighted by atomic mass is 10.1. The molecule has 0 fully saturated rings. The number of pyridine rings is 1. The predicted octanol–water partition coefficient (Wildman–Crippen LogP) is 5.23. The van der Waals surface area contributed by atoms with Crippen LogP contribution in [0.1, 0.15) is 40.0 Å². The number of anilines is 2. The lowest BCUT2D eigenvalue weighted by Crippen LogP contribution is -2.07. The number of esters is 1. The number of benzene rings is 1. The Morgan fingerprint density at radius 2 is 1.95 bits per heavy atom. The van der Waals surface area contributed by atoms with Crippen molar-refractivity contribution in [2.24, 2.45) is 4.99 Å². The summed E-state index contributed by atoms with van der Waals surface area (Å²) in [5.74, 6) is 0.864. The molecular formula is C27H23N5O5. The topological polar surface area (TPSA) is 132 Å². The molecule has 4 heterocycles. The molecule has 10 nitrogen and oxygen atoms in total. The quantitative estimate of drug-likeness (QED) is 0.314. The number of aromatic hydroxyl groups is 1. The first-order valence-corrected chi connectivity index (χ1v) is 11.5. The Morgan fingerprint density at radius 1 is 1.14 bits per heavy atom. The van der Waals surface area contributed by atoms with E-state index in [4.69, 9.17) is 13.9 Å². The molecule has 1 aromatic carbocycles. The molecule has 3 aromatic heterocycles. The van der Waals surface area contributed by atoms with Crippen LogP contribution in [-0.2, 0) is 11.3 Å². The fourth-order valence-corrected chi connectivity index (χ4v) is 3.74. The van der Waals surface area contributed by atoms with Crippen LogP contribution < -0.4 is 10.1 Å². The van der Waals surface area contributed by atoms with Crippen molar-refractivity contribution in [2.45, 2.75) is 20.5 Å². The zero-order chi connectivity index (χ0) is 25.8. The van der Waals surface area contributed by atoms with Crippen molar-refractivity contribution in [2.75, 3.05) is 11.9 Å². The van der Waals surface area contributed by atoms with Gasteiger partial charge in [0.2, 0.25) is 5.88 Å². The van der Waals surface area contributed by atoms with Gasteiger partial charge in [-0.15, -0.1) is 0 Å². The SMILES string of the molecule is CCOC(=O)c1c(Nc2ccc(OCc3ncccn3)cc2C)oc(C=C2C=Nc3ncccc32)c1O. The summed E-state index contributed by atoms with van der Waals surface area (Å²) in [7, 11) is 0. The zero-order valence-electron chi connectivity index (χ0n) is 20.1. The monoisotopic (exact) mass is 497 g/mol. The van der Waals surface area contributed by atoms with Gasteiger partial charge >= 0.3 is 5.97 Å². The van der Waals surface area contributed by atoms with E-state index in [0.29, 0.717) is 28.7 Å². The molecule has 186 valence electrons. The van der Waals surface area contributed by atoms with Crippen molar-refractivity contribution in [3.63, 3.8) is 0 Å². The molecule has 0 saturated heterocycles. The van der Waals surface area contributed by atoms with Crippen molar-refractivity contribution >= 4 is 41.2 Å². The van der Waals surface area contributed by atoms with Gasteiger partial charge in [-0.05, 0) is 61.9 Å². The van der Waals surface area contributed by atoms with Gasteiger partial charge < -0.3 is 24.3 Å². The molecule has 0 atom stereocenters. The predicted molar refractivity (Wildman–Crippen MR) is 137 cm³/mol. The maximum Gasteiger partial charge on any atom is 0.347 e. The summed E-state index contributed by atoms with van der Waals surface area (Å²) in [6.07, 6.45) is 8.20.